The van der Waals surface area contributed by atoms with Gasteiger partial charge in [-0.15, -0.1) is 0 Å². The molecule has 0 bridgehead atoms. The first-order valence-corrected chi connectivity index (χ1v) is 4.40. The van der Waals surface area contributed by atoms with Crippen molar-refractivity contribution in [3.8, 4) is 6.07 Å². The number of carbonyl (C=O) groups is 1. The van der Waals surface area contributed by atoms with Crippen LogP contribution in [0.3, 0.4) is 0 Å². The fourth-order valence-electron chi connectivity index (χ4n) is 0.947. The van der Waals surface area contributed by atoms with Gasteiger partial charge in [-0.3, -0.25) is 9.78 Å². The highest BCUT2D eigenvalue weighted by Gasteiger charge is 2.20. The molecule has 0 atom stereocenters. The van der Waals surface area contributed by atoms with E-state index in [4.69, 9.17) is 11.0 Å². The first-order chi connectivity index (χ1) is 6.94. The van der Waals surface area contributed by atoms with Gasteiger partial charge in [-0.1, -0.05) is 0 Å². The highest BCUT2D eigenvalue weighted by Crippen LogP contribution is 2.05. The zero-order chi connectivity index (χ0) is 11.5. The smallest absolute Gasteiger partial charge is 0.271 e. The minimum absolute atomic E-state index is 0.207. The van der Waals surface area contributed by atoms with Crippen molar-refractivity contribution >= 4 is 11.6 Å². The zero-order valence-corrected chi connectivity index (χ0v) is 8.61. The van der Waals surface area contributed by atoms with Crippen LogP contribution in [-0.4, -0.2) is 16.4 Å². The first kappa shape index (κ1) is 11.0. The molecule has 1 aromatic rings. The topological polar surface area (TPSA) is 91.8 Å². The van der Waals surface area contributed by atoms with Crippen LogP contribution in [0.25, 0.3) is 0 Å². The standard InChI is InChI=1S/C10H12N4O/c1-10(2,6-11)14-9(15)8-5-7(12)3-4-13-8/h3-5H,1-2H3,(H2,12,13)(H,14,15). The number of nitrogens with zero attached hydrogens (tertiary/aromatic N) is 2. The molecule has 1 rings (SSSR count). The summed E-state index contributed by atoms with van der Waals surface area (Å²) in [5.41, 5.74) is 5.26. The second kappa shape index (κ2) is 3.96. The second-order valence-corrected chi connectivity index (χ2v) is 3.67. The fourth-order valence-corrected chi connectivity index (χ4v) is 0.947. The number of amides is 1. The molecule has 5 heteroatoms. The Hall–Kier alpha value is -2.09. The number of nitriles is 1. The van der Waals surface area contributed by atoms with Gasteiger partial charge in [0.2, 0.25) is 0 Å². The highest BCUT2D eigenvalue weighted by molar-refractivity contribution is 5.93. The molecule has 1 heterocycles. The molecule has 0 aliphatic heterocycles. The summed E-state index contributed by atoms with van der Waals surface area (Å²) in [5, 5.41) is 11.3. The van der Waals surface area contributed by atoms with Gasteiger partial charge >= 0.3 is 0 Å². The Bertz CT molecular complexity index is 420. The van der Waals surface area contributed by atoms with Crippen LogP contribution in [0.5, 0.6) is 0 Å². The number of hydrogen-bond donors (Lipinski definition) is 2. The molecule has 0 spiro atoms. The average Bonchev–Trinajstić information content (AvgIpc) is 2.17. The Balaban J connectivity index is 2.84. The lowest BCUT2D eigenvalue weighted by atomic mass is 10.1. The second-order valence-electron chi connectivity index (χ2n) is 3.67. The normalized spacial score (nSPS) is 10.5. The van der Waals surface area contributed by atoms with E-state index in [-0.39, 0.29) is 5.69 Å². The van der Waals surface area contributed by atoms with Crippen LogP contribution in [-0.2, 0) is 0 Å². The van der Waals surface area contributed by atoms with Crippen molar-refractivity contribution < 1.29 is 4.79 Å². The van der Waals surface area contributed by atoms with Crippen molar-refractivity contribution in [1.82, 2.24) is 10.3 Å². The summed E-state index contributed by atoms with van der Waals surface area (Å²) in [6.45, 7) is 3.22. The summed E-state index contributed by atoms with van der Waals surface area (Å²) in [7, 11) is 0. The Kier molecular flexibility index (Phi) is 2.90. The van der Waals surface area contributed by atoms with Crippen LogP contribution in [0.2, 0.25) is 0 Å². The van der Waals surface area contributed by atoms with Crippen molar-refractivity contribution in [1.29, 1.82) is 5.26 Å². The van der Waals surface area contributed by atoms with Crippen LogP contribution in [0.4, 0.5) is 5.69 Å². The molecule has 0 saturated heterocycles. The number of carbonyl (C=O) groups excluding carboxylic acids is 1. The lowest BCUT2D eigenvalue weighted by molar-refractivity contribution is 0.0924. The van der Waals surface area contributed by atoms with E-state index in [1.807, 2.05) is 6.07 Å². The summed E-state index contributed by atoms with van der Waals surface area (Å²) in [6, 6.07) is 5.02. The third-order valence-corrected chi connectivity index (χ3v) is 1.72. The van der Waals surface area contributed by atoms with Crippen LogP contribution < -0.4 is 11.1 Å². The minimum atomic E-state index is -0.913. The van der Waals surface area contributed by atoms with Crippen LogP contribution >= 0.6 is 0 Å². The summed E-state index contributed by atoms with van der Waals surface area (Å²) >= 11 is 0. The number of anilines is 1. The number of nitrogen functional groups attached to an aromatic ring is 1. The third-order valence-electron chi connectivity index (χ3n) is 1.72. The van der Waals surface area contributed by atoms with Gasteiger partial charge in [0.25, 0.3) is 5.91 Å². The van der Waals surface area contributed by atoms with Crippen molar-refractivity contribution in [3.05, 3.63) is 24.0 Å². The van der Waals surface area contributed by atoms with E-state index in [2.05, 4.69) is 10.3 Å². The molecule has 1 amide bonds. The van der Waals surface area contributed by atoms with Crippen LogP contribution in [0, 0.1) is 11.3 Å². The van der Waals surface area contributed by atoms with Gasteiger partial charge in [0.1, 0.15) is 11.2 Å². The number of hydrogen-bond acceptors (Lipinski definition) is 4. The van der Waals surface area contributed by atoms with Gasteiger partial charge in [0.05, 0.1) is 6.07 Å². The lowest BCUT2D eigenvalue weighted by Gasteiger charge is -2.16. The molecular formula is C10H12N4O. The SMILES string of the molecule is CC(C)(C#N)NC(=O)c1cc(N)ccn1. The average molecular weight is 204 g/mol. The first-order valence-electron chi connectivity index (χ1n) is 4.40. The van der Waals surface area contributed by atoms with Gasteiger partial charge in [0.15, 0.2) is 0 Å². The van der Waals surface area contributed by atoms with Gasteiger partial charge < -0.3 is 11.1 Å². The maximum Gasteiger partial charge on any atom is 0.271 e. The van der Waals surface area contributed by atoms with Gasteiger partial charge in [-0.2, -0.15) is 5.26 Å². The maximum absolute atomic E-state index is 11.6. The molecule has 1 aromatic heterocycles. The molecule has 0 fully saturated rings. The Morgan fingerprint density at radius 3 is 2.87 bits per heavy atom. The molecule has 0 unspecified atom stereocenters. The van der Waals surface area contributed by atoms with Crippen molar-refractivity contribution in [2.75, 3.05) is 5.73 Å². The quantitative estimate of drug-likeness (QED) is 0.741. The molecule has 0 aliphatic rings. The van der Waals surface area contributed by atoms with E-state index < -0.39 is 11.4 Å². The molecule has 5 nitrogen and oxygen atoms in total. The maximum atomic E-state index is 11.6. The van der Waals surface area contributed by atoms with Crippen LogP contribution in [0.15, 0.2) is 18.3 Å². The van der Waals surface area contributed by atoms with Crippen molar-refractivity contribution in [3.63, 3.8) is 0 Å². The number of nitrogens with two attached hydrogens (primary N) is 1. The van der Waals surface area contributed by atoms with E-state index in [9.17, 15) is 4.79 Å². The van der Waals surface area contributed by atoms with E-state index >= 15 is 0 Å². The fraction of sp³-hybridized carbons (Fsp3) is 0.300. The van der Waals surface area contributed by atoms with E-state index in [1.54, 1.807) is 19.9 Å². The van der Waals surface area contributed by atoms with E-state index in [1.165, 1.54) is 12.3 Å². The third kappa shape index (κ3) is 2.95. The Labute approximate surface area is 87.9 Å². The summed E-state index contributed by atoms with van der Waals surface area (Å²) in [4.78, 5) is 15.4. The van der Waals surface area contributed by atoms with Gasteiger partial charge in [-0.05, 0) is 26.0 Å². The molecule has 0 aliphatic carbocycles. The molecule has 0 radical (unpaired) electrons. The highest BCUT2D eigenvalue weighted by atomic mass is 16.2. The summed E-state index contributed by atoms with van der Waals surface area (Å²) in [6.07, 6.45) is 1.45. The lowest BCUT2D eigenvalue weighted by Crippen LogP contribution is -2.42. The van der Waals surface area contributed by atoms with Gasteiger partial charge in [0, 0.05) is 11.9 Å². The predicted octanol–water partition coefficient (Wildman–Crippen LogP) is 0.696. The summed E-state index contributed by atoms with van der Waals surface area (Å²) in [5.74, 6) is -0.408. The summed E-state index contributed by atoms with van der Waals surface area (Å²) < 4.78 is 0. The monoisotopic (exact) mass is 204 g/mol. The number of aromatic nitrogens is 1. The molecule has 78 valence electrons. The Morgan fingerprint density at radius 2 is 2.33 bits per heavy atom. The molecule has 0 saturated carbocycles. The molecule has 3 N–H and O–H groups in total. The zero-order valence-electron chi connectivity index (χ0n) is 8.61. The number of rotatable bonds is 2. The van der Waals surface area contributed by atoms with E-state index in [0.717, 1.165) is 0 Å². The molecule has 0 aromatic carbocycles. The van der Waals surface area contributed by atoms with Crippen molar-refractivity contribution in [2.45, 2.75) is 19.4 Å². The number of pyridine rings is 1. The Morgan fingerprint density at radius 1 is 1.67 bits per heavy atom. The van der Waals surface area contributed by atoms with Gasteiger partial charge in [-0.25, -0.2) is 0 Å². The minimum Gasteiger partial charge on any atom is -0.399 e. The van der Waals surface area contributed by atoms with Crippen LogP contribution in [0.1, 0.15) is 24.3 Å². The number of nitrogens with one attached hydrogen (secondary N) is 1. The van der Waals surface area contributed by atoms with Crippen molar-refractivity contribution in [2.24, 2.45) is 0 Å². The largest absolute Gasteiger partial charge is 0.399 e. The molecular weight excluding hydrogens is 192 g/mol. The predicted molar refractivity (Wildman–Crippen MR) is 55.8 cm³/mol. The van der Waals surface area contributed by atoms with E-state index in [0.29, 0.717) is 5.69 Å². The molecule has 15 heavy (non-hydrogen) atoms.